The lowest BCUT2D eigenvalue weighted by molar-refractivity contribution is 0.371. The van der Waals surface area contributed by atoms with Gasteiger partial charge in [0.2, 0.25) is 0 Å². The van der Waals surface area contributed by atoms with E-state index in [0.29, 0.717) is 6.01 Å². The molecule has 0 saturated carbocycles. The molecule has 0 spiro atoms. The van der Waals surface area contributed by atoms with Crippen LogP contribution in [0, 0.1) is 13.8 Å². The zero-order chi connectivity index (χ0) is 9.42. The van der Waals surface area contributed by atoms with E-state index in [1.807, 2.05) is 13.8 Å². The minimum Gasteiger partial charge on any atom is -0.468 e. The Morgan fingerprint density at radius 1 is 1.31 bits per heavy atom. The fraction of sp³-hybridized carbons (Fsp3) is 0.375. The fourth-order valence-corrected chi connectivity index (χ4v) is 1.37. The molecule has 0 amide bonds. The van der Waals surface area contributed by atoms with Crippen LogP contribution in [0.25, 0.3) is 5.65 Å². The maximum Gasteiger partial charge on any atom is 0.304 e. The van der Waals surface area contributed by atoms with Gasteiger partial charge in [-0.2, -0.15) is 4.98 Å². The van der Waals surface area contributed by atoms with Gasteiger partial charge in [0.25, 0.3) is 0 Å². The van der Waals surface area contributed by atoms with E-state index >= 15 is 0 Å². The Kier molecular flexibility index (Phi) is 1.65. The molecule has 68 valence electrons. The van der Waals surface area contributed by atoms with E-state index in [0.717, 1.165) is 17.2 Å². The van der Waals surface area contributed by atoms with E-state index in [-0.39, 0.29) is 0 Å². The Morgan fingerprint density at radius 2 is 2.08 bits per heavy atom. The standard InChI is InChI=1S/C8H10N4O/c1-5-7-9-4-10-8(13-3)12(7)6(2)11-5/h4H,1-3H3. The highest BCUT2D eigenvalue weighted by Crippen LogP contribution is 2.14. The van der Waals surface area contributed by atoms with Crippen molar-refractivity contribution in [2.24, 2.45) is 0 Å². The summed E-state index contributed by atoms with van der Waals surface area (Å²) in [5, 5.41) is 0. The quantitative estimate of drug-likeness (QED) is 0.646. The molecular weight excluding hydrogens is 168 g/mol. The van der Waals surface area contributed by atoms with Crippen molar-refractivity contribution in [1.82, 2.24) is 19.4 Å². The van der Waals surface area contributed by atoms with Gasteiger partial charge in [-0.3, -0.25) is 0 Å². The predicted molar refractivity (Wildman–Crippen MR) is 46.8 cm³/mol. The molecule has 0 radical (unpaired) electrons. The third kappa shape index (κ3) is 1.04. The largest absolute Gasteiger partial charge is 0.468 e. The molecule has 5 heteroatoms. The Balaban J connectivity index is 2.88. The Morgan fingerprint density at radius 3 is 2.77 bits per heavy atom. The third-order valence-corrected chi connectivity index (χ3v) is 1.91. The highest BCUT2D eigenvalue weighted by molar-refractivity contribution is 5.45. The van der Waals surface area contributed by atoms with Crippen molar-refractivity contribution >= 4 is 5.65 Å². The molecule has 0 bridgehead atoms. The summed E-state index contributed by atoms with van der Waals surface area (Å²) in [6.07, 6.45) is 1.47. The molecule has 0 aliphatic heterocycles. The number of nitrogens with zero attached hydrogens (tertiary/aromatic N) is 4. The van der Waals surface area contributed by atoms with Gasteiger partial charge in [0.15, 0.2) is 5.65 Å². The molecule has 0 saturated heterocycles. The first kappa shape index (κ1) is 7.97. The molecule has 0 atom stereocenters. The van der Waals surface area contributed by atoms with Gasteiger partial charge in [0.05, 0.1) is 12.8 Å². The van der Waals surface area contributed by atoms with Crippen molar-refractivity contribution in [3.05, 3.63) is 17.8 Å². The SMILES string of the molecule is COc1ncnc2c(C)nc(C)n12. The second kappa shape index (κ2) is 2.69. The Labute approximate surface area is 75.4 Å². The molecule has 5 nitrogen and oxygen atoms in total. The third-order valence-electron chi connectivity index (χ3n) is 1.91. The fourth-order valence-electron chi connectivity index (χ4n) is 1.37. The maximum atomic E-state index is 5.09. The van der Waals surface area contributed by atoms with Gasteiger partial charge in [-0.05, 0) is 13.8 Å². The van der Waals surface area contributed by atoms with Gasteiger partial charge in [-0.1, -0.05) is 0 Å². The average Bonchev–Trinajstić information content (AvgIpc) is 2.43. The zero-order valence-electron chi connectivity index (χ0n) is 7.77. The minimum absolute atomic E-state index is 0.517. The van der Waals surface area contributed by atoms with Gasteiger partial charge in [-0.15, -0.1) is 0 Å². The second-order valence-electron chi connectivity index (χ2n) is 2.76. The maximum absolute atomic E-state index is 5.09. The number of methoxy groups -OCH3 is 1. The van der Waals surface area contributed by atoms with Crippen LogP contribution in [0.3, 0.4) is 0 Å². The first-order valence-electron chi connectivity index (χ1n) is 3.94. The van der Waals surface area contributed by atoms with Crippen LogP contribution in [-0.4, -0.2) is 26.5 Å². The van der Waals surface area contributed by atoms with Crippen LogP contribution in [0.1, 0.15) is 11.5 Å². The first-order valence-corrected chi connectivity index (χ1v) is 3.94. The molecule has 0 unspecified atom stereocenters. The summed E-state index contributed by atoms with van der Waals surface area (Å²) in [5.74, 6) is 0.838. The molecule has 2 aromatic heterocycles. The topological polar surface area (TPSA) is 52.3 Å². The monoisotopic (exact) mass is 178 g/mol. The number of hydrogen-bond acceptors (Lipinski definition) is 4. The smallest absolute Gasteiger partial charge is 0.304 e. The summed E-state index contributed by atoms with van der Waals surface area (Å²) in [7, 11) is 1.58. The highest BCUT2D eigenvalue weighted by atomic mass is 16.5. The van der Waals surface area contributed by atoms with Crippen molar-refractivity contribution in [2.45, 2.75) is 13.8 Å². The van der Waals surface area contributed by atoms with E-state index in [9.17, 15) is 0 Å². The molecule has 2 rings (SSSR count). The van der Waals surface area contributed by atoms with Gasteiger partial charge < -0.3 is 4.74 Å². The van der Waals surface area contributed by atoms with Crippen LogP contribution in [0.5, 0.6) is 6.01 Å². The van der Waals surface area contributed by atoms with Gasteiger partial charge in [0, 0.05) is 0 Å². The number of aromatic nitrogens is 4. The van der Waals surface area contributed by atoms with Crippen LogP contribution >= 0.6 is 0 Å². The first-order chi connectivity index (χ1) is 6.24. The highest BCUT2D eigenvalue weighted by Gasteiger charge is 2.09. The van der Waals surface area contributed by atoms with Crippen molar-refractivity contribution < 1.29 is 4.74 Å². The van der Waals surface area contributed by atoms with Gasteiger partial charge in [0.1, 0.15) is 12.2 Å². The van der Waals surface area contributed by atoms with E-state index in [2.05, 4.69) is 15.0 Å². The molecule has 0 aromatic carbocycles. The number of ether oxygens (including phenoxy) is 1. The number of hydrogen-bond donors (Lipinski definition) is 0. The lowest BCUT2D eigenvalue weighted by Gasteiger charge is -2.01. The van der Waals surface area contributed by atoms with E-state index in [1.165, 1.54) is 6.33 Å². The molecule has 2 aromatic rings. The van der Waals surface area contributed by atoms with Crippen LogP contribution in [0.2, 0.25) is 0 Å². The molecule has 0 N–H and O–H groups in total. The number of aryl methyl sites for hydroxylation is 2. The molecule has 13 heavy (non-hydrogen) atoms. The summed E-state index contributed by atoms with van der Waals surface area (Å²) >= 11 is 0. The lowest BCUT2D eigenvalue weighted by atomic mass is 10.5. The molecular formula is C8H10N4O. The molecule has 0 aliphatic carbocycles. The number of imidazole rings is 1. The normalized spacial score (nSPS) is 10.7. The van der Waals surface area contributed by atoms with Crippen LogP contribution in [-0.2, 0) is 0 Å². The van der Waals surface area contributed by atoms with Crippen molar-refractivity contribution in [3.63, 3.8) is 0 Å². The van der Waals surface area contributed by atoms with E-state index in [1.54, 1.807) is 11.5 Å². The summed E-state index contributed by atoms with van der Waals surface area (Å²) in [5.41, 5.74) is 1.68. The Hall–Kier alpha value is -1.65. The second-order valence-corrected chi connectivity index (χ2v) is 2.76. The number of rotatable bonds is 1. The van der Waals surface area contributed by atoms with Crippen LogP contribution < -0.4 is 4.74 Å². The van der Waals surface area contributed by atoms with Crippen LogP contribution in [0.4, 0.5) is 0 Å². The van der Waals surface area contributed by atoms with Crippen molar-refractivity contribution in [3.8, 4) is 6.01 Å². The van der Waals surface area contributed by atoms with E-state index in [4.69, 9.17) is 4.74 Å². The Bertz CT molecular complexity index is 449. The van der Waals surface area contributed by atoms with E-state index < -0.39 is 0 Å². The minimum atomic E-state index is 0.517. The summed E-state index contributed by atoms with van der Waals surface area (Å²) < 4.78 is 6.88. The molecule has 2 heterocycles. The predicted octanol–water partition coefficient (Wildman–Crippen LogP) is 0.750. The molecule has 0 fully saturated rings. The van der Waals surface area contributed by atoms with Gasteiger partial charge >= 0.3 is 6.01 Å². The molecule has 0 aliphatic rings. The van der Waals surface area contributed by atoms with Crippen molar-refractivity contribution in [1.29, 1.82) is 0 Å². The van der Waals surface area contributed by atoms with Crippen LogP contribution in [0.15, 0.2) is 6.33 Å². The summed E-state index contributed by atoms with van der Waals surface area (Å²) in [4.78, 5) is 12.4. The number of fused-ring (bicyclic) bond motifs is 1. The lowest BCUT2D eigenvalue weighted by Crippen LogP contribution is -2.00. The summed E-state index contributed by atoms with van der Waals surface area (Å²) in [6.45, 7) is 3.81. The average molecular weight is 178 g/mol. The zero-order valence-corrected chi connectivity index (χ0v) is 7.77. The summed E-state index contributed by atoms with van der Waals surface area (Å²) in [6, 6.07) is 0.517. The van der Waals surface area contributed by atoms with Crippen molar-refractivity contribution in [2.75, 3.05) is 7.11 Å². The van der Waals surface area contributed by atoms with Gasteiger partial charge in [-0.25, -0.2) is 14.4 Å².